The molecule has 2 saturated heterocycles. The predicted molar refractivity (Wildman–Crippen MR) is 29.0 cm³/mol. The van der Waals surface area contributed by atoms with Gasteiger partial charge < -0.3 is 0 Å². The molecular weight excluding hydrogens is 136 g/mol. The maximum Gasteiger partial charge on any atom is 0.168 e. The molecule has 0 N–H and O–H groups in total. The van der Waals surface area contributed by atoms with Crippen LogP contribution in [0, 0.1) is 0 Å². The first-order valence-corrected chi connectivity index (χ1v) is 3.15. The smallest absolute Gasteiger partial charge is 0.168 e. The molecule has 2 atom stereocenters. The number of fused-ring (bicyclic) bond motifs is 3. The van der Waals surface area contributed by atoms with E-state index in [9.17, 15) is 9.59 Å². The number of rotatable bonds is 0. The molecule has 1 aliphatic carbocycles. The fourth-order valence-electron chi connectivity index (χ4n) is 1.17. The summed E-state index contributed by atoms with van der Waals surface area (Å²) in [5.74, 6) is -0.0355. The van der Waals surface area contributed by atoms with Crippen molar-refractivity contribution in [2.45, 2.75) is 25.0 Å². The molecule has 54 valence electrons. The van der Waals surface area contributed by atoms with Crippen molar-refractivity contribution in [1.82, 2.24) is 0 Å². The average Bonchev–Trinajstić information content (AvgIpc) is 1.91. The van der Waals surface area contributed by atoms with Gasteiger partial charge in [-0.25, -0.2) is 9.78 Å². The zero-order valence-electron chi connectivity index (χ0n) is 5.20. The zero-order chi connectivity index (χ0) is 7.14. The summed E-state index contributed by atoms with van der Waals surface area (Å²) in [5.41, 5.74) is 0. The van der Waals surface area contributed by atoms with E-state index in [1.54, 1.807) is 0 Å². The number of Topliss-reactive ketones (excluding diaryl/α,β-unsaturated/α-hetero) is 2. The lowest BCUT2D eigenvalue weighted by Crippen LogP contribution is -2.48. The Morgan fingerprint density at radius 2 is 1.40 bits per heavy atom. The molecule has 0 spiro atoms. The van der Waals surface area contributed by atoms with E-state index in [-0.39, 0.29) is 24.4 Å². The maximum atomic E-state index is 10.8. The van der Waals surface area contributed by atoms with Crippen LogP contribution in [-0.2, 0) is 19.4 Å². The summed E-state index contributed by atoms with van der Waals surface area (Å²) < 4.78 is 0. The van der Waals surface area contributed by atoms with Gasteiger partial charge in [-0.1, -0.05) is 0 Å². The standard InChI is InChI=1S/C6H6O4/c7-3-1-5-4(8)2-6(3)10-9-5/h5-6H,1-2H2. The van der Waals surface area contributed by atoms with Crippen LogP contribution in [0.15, 0.2) is 0 Å². The van der Waals surface area contributed by atoms with E-state index in [1.165, 1.54) is 0 Å². The van der Waals surface area contributed by atoms with Gasteiger partial charge in [-0.3, -0.25) is 9.59 Å². The minimum absolute atomic E-state index is 0.0177. The highest BCUT2D eigenvalue weighted by Crippen LogP contribution is 2.24. The molecule has 3 rings (SSSR count). The van der Waals surface area contributed by atoms with Gasteiger partial charge in [0.1, 0.15) is 0 Å². The first-order chi connectivity index (χ1) is 4.77. The number of hydrogen-bond donors (Lipinski definition) is 0. The van der Waals surface area contributed by atoms with Crippen LogP contribution in [0.2, 0.25) is 0 Å². The molecule has 2 unspecified atom stereocenters. The second-order valence-corrected chi connectivity index (χ2v) is 2.51. The molecule has 3 aliphatic rings. The lowest BCUT2D eigenvalue weighted by Gasteiger charge is -2.31. The zero-order valence-corrected chi connectivity index (χ0v) is 5.20. The van der Waals surface area contributed by atoms with Crippen LogP contribution in [0.5, 0.6) is 0 Å². The van der Waals surface area contributed by atoms with Gasteiger partial charge >= 0.3 is 0 Å². The molecule has 0 radical (unpaired) electrons. The summed E-state index contributed by atoms with van der Waals surface area (Å²) in [5, 5.41) is 0. The highest BCUT2D eigenvalue weighted by Gasteiger charge is 2.42. The second kappa shape index (κ2) is 1.87. The molecule has 0 aromatic rings. The minimum atomic E-state index is -0.613. The molecule has 4 nitrogen and oxygen atoms in total. The van der Waals surface area contributed by atoms with Crippen LogP contribution >= 0.6 is 0 Å². The summed E-state index contributed by atoms with van der Waals surface area (Å²) >= 11 is 0. The molecular formula is C6H6O4. The van der Waals surface area contributed by atoms with Gasteiger partial charge in [0.2, 0.25) is 0 Å². The number of carbonyl (C=O) groups is 2. The Kier molecular flexibility index (Phi) is 1.12. The highest BCUT2D eigenvalue weighted by atomic mass is 17.2. The van der Waals surface area contributed by atoms with Crippen LogP contribution in [0.3, 0.4) is 0 Å². The van der Waals surface area contributed by atoms with E-state index >= 15 is 0 Å². The number of carbonyl (C=O) groups excluding carboxylic acids is 2. The van der Waals surface area contributed by atoms with Crippen LogP contribution in [0.4, 0.5) is 0 Å². The molecule has 0 aromatic carbocycles. The van der Waals surface area contributed by atoms with Crippen molar-refractivity contribution in [1.29, 1.82) is 0 Å². The number of hydrogen-bond acceptors (Lipinski definition) is 4. The molecule has 0 amide bonds. The van der Waals surface area contributed by atoms with Crippen molar-refractivity contribution in [3.05, 3.63) is 0 Å². The normalized spacial score (nSPS) is 38.8. The van der Waals surface area contributed by atoms with Crippen LogP contribution in [0.25, 0.3) is 0 Å². The summed E-state index contributed by atoms with van der Waals surface area (Å²) in [7, 11) is 0. The second-order valence-electron chi connectivity index (χ2n) is 2.51. The lowest BCUT2D eigenvalue weighted by molar-refractivity contribution is -0.360. The Bertz CT molecular complexity index is 176. The quantitative estimate of drug-likeness (QED) is 0.432. The lowest BCUT2D eigenvalue weighted by atomic mass is 9.92. The molecule has 2 bridgehead atoms. The molecule has 10 heavy (non-hydrogen) atoms. The summed E-state index contributed by atoms with van der Waals surface area (Å²) in [4.78, 5) is 30.9. The van der Waals surface area contributed by atoms with Crippen molar-refractivity contribution in [3.63, 3.8) is 0 Å². The molecule has 4 heteroatoms. The molecule has 3 fully saturated rings. The summed E-state index contributed by atoms with van der Waals surface area (Å²) in [6.45, 7) is 0. The van der Waals surface area contributed by atoms with Crippen molar-refractivity contribution >= 4 is 11.6 Å². The average molecular weight is 142 g/mol. The van der Waals surface area contributed by atoms with Crippen LogP contribution in [-0.4, -0.2) is 23.8 Å². The van der Waals surface area contributed by atoms with E-state index < -0.39 is 12.2 Å². The van der Waals surface area contributed by atoms with Crippen LogP contribution in [0.1, 0.15) is 12.8 Å². The van der Waals surface area contributed by atoms with Gasteiger partial charge in [0.15, 0.2) is 23.8 Å². The van der Waals surface area contributed by atoms with Crippen molar-refractivity contribution in [3.8, 4) is 0 Å². The monoisotopic (exact) mass is 142 g/mol. The molecule has 2 heterocycles. The fraction of sp³-hybridized carbons (Fsp3) is 0.667. The van der Waals surface area contributed by atoms with E-state index in [0.29, 0.717) is 0 Å². The SMILES string of the molecule is O=C1CC2OOC1CC2=O. The van der Waals surface area contributed by atoms with Crippen molar-refractivity contribution in [2.24, 2.45) is 0 Å². The Morgan fingerprint density at radius 1 is 1.00 bits per heavy atom. The van der Waals surface area contributed by atoms with Crippen molar-refractivity contribution in [2.75, 3.05) is 0 Å². The van der Waals surface area contributed by atoms with Crippen LogP contribution < -0.4 is 0 Å². The summed E-state index contributed by atoms with van der Waals surface area (Å²) in [6, 6.07) is 0. The first kappa shape index (κ1) is 6.00. The van der Waals surface area contributed by atoms with Gasteiger partial charge in [0.05, 0.1) is 0 Å². The fourth-order valence-corrected chi connectivity index (χ4v) is 1.17. The van der Waals surface area contributed by atoms with Gasteiger partial charge in [-0.2, -0.15) is 0 Å². The predicted octanol–water partition coefficient (Wildman–Crippen LogP) is -0.383. The largest absolute Gasteiger partial charge is 0.296 e. The van der Waals surface area contributed by atoms with E-state index in [2.05, 4.69) is 9.78 Å². The van der Waals surface area contributed by atoms with E-state index in [4.69, 9.17) is 0 Å². The third-order valence-corrected chi connectivity index (χ3v) is 1.78. The first-order valence-electron chi connectivity index (χ1n) is 3.15. The topological polar surface area (TPSA) is 52.6 Å². The molecule has 2 aliphatic heterocycles. The maximum absolute atomic E-state index is 10.8. The third-order valence-electron chi connectivity index (χ3n) is 1.78. The highest BCUT2D eigenvalue weighted by molar-refractivity contribution is 5.99. The Morgan fingerprint density at radius 3 is 1.60 bits per heavy atom. The van der Waals surface area contributed by atoms with E-state index in [1.807, 2.05) is 0 Å². The molecule has 1 saturated carbocycles. The van der Waals surface area contributed by atoms with E-state index in [0.717, 1.165) is 0 Å². The summed E-state index contributed by atoms with van der Waals surface area (Å²) in [6.07, 6.45) is -0.831. The van der Waals surface area contributed by atoms with Crippen molar-refractivity contribution < 1.29 is 19.4 Å². The third kappa shape index (κ3) is 0.693. The number of ketones is 2. The van der Waals surface area contributed by atoms with Gasteiger partial charge in [0, 0.05) is 12.8 Å². The van der Waals surface area contributed by atoms with Gasteiger partial charge in [-0.15, -0.1) is 0 Å². The Balaban J connectivity index is 2.23. The van der Waals surface area contributed by atoms with Gasteiger partial charge in [-0.05, 0) is 0 Å². The Labute approximate surface area is 57.0 Å². The van der Waals surface area contributed by atoms with Gasteiger partial charge in [0.25, 0.3) is 0 Å². The minimum Gasteiger partial charge on any atom is -0.296 e. The molecule has 0 aromatic heterocycles. The Hall–Kier alpha value is -0.740.